The topological polar surface area (TPSA) is 291 Å². The van der Waals surface area contributed by atoms with E-state index in [1.807, 2.05) is 6.07 Å². The van der Waals surface area contributed by atoms with Gasteiger partial charge in [-0.15, -0.1) is 0 Å². The number of anilines is 1. The molecule has 0 aromatic carbocycles. The van der Waals surface area contributed by atoms with Crippen LogP contribution < -0.4 is 5.73 Å². The van der Waals surface area contributed by atoms with Crippen molar-refractivity contribution >= 4 is 67.2 Å². The molecule has 4 rings (SSSR count). The highest BCUT2D eigenvalue weighted by Crippen LogP contribution is 2.65. The van der Waals surface area contributed by atoms with Gasteiger partial charge in [0.2, 0.25) is 6.29 Å². The first-order valence-corrected chi connectivity index (χ1v) is 20.3. The van der Waals surface area contributed by atoms with Gasteiger partial charge in [-0.1, -0.05) is 13.8 Å². The molecule has 11 atom stereocenters. The number of carbonyl (C=O) groups excluding carboxylic acids is 4. The van der Waals surface area contributed by atoms with E-state index >= 15 is 0 Å². The second kappa shape index (κ2) is 18.3. The number of imidazole rings is 1. The van der Waals surface area contributed by atoms with Crippen LogP contribution in [-0.2, 0) is 81.9 Å². The summed E-state index contributed by atoms with van der Waals surface area (Å²) in [6.45, 7) is 2.17. The Morgan fingerprint density at radius 1 is 0.926 bits per heavy atom. The fraction of sp³-hybridized carbons (Fsp3) is 0.655. The van der Waals surface area contributed by atoms with Crippen LogP contribution in [0.2, 0.25) is 0 Å². The zero-order valence-corrected chi connectivity index (χ0v) is 32.5. The van der Waals surface area contributed by atoms with Crippen molar-refractivity contribution in [1.82, 2.24) is 19.5 Å². The first kappa shape index (κ1) is 43.1. The van der Waals surface area contributed by atoms with E-state index in [0.717, 1.165) is 20.8 Å². The smallest absolute Gasteiger partial charge is 0.463 e. The Bertz CT molecular complexity index is 1840. The lowest BCUT2D eigenvalue weighted by Gasteiger charge is -2.43. The highest BCUT2D eigenvalue weighted by atomic mass is 32.5. The Hall–Kier alpha value is -3.68. The van der Waals surface area contributed by atoms with Crippen molar-refractivity contribution in [2.45, 2.75) is 91.0 Å². The highest BCUT2D eigenvalue weighted by molar-refractivity contribution is 8.08. The van der Waals surface area contributed by atoms with Gasteiger partial charge < -0.3 is 48.1 Å². The molecule has 25 heteroatoms. The van der Waals surface area contributed by atoms with Gasteiger partial charge in [-0.2, -0.15) is 5.26 Å². The van der Waals surface area contributed by atoms with Gasteiger partial charge in [0, 0.05) is 33.6 Å². The molecule has 0 amide bonds. The van der Waals surface area contributed by atoms with Crippen LogP contribution >= 0.6 is 14.5 Å². The molecule has 3 N–H and O–H groups in total. The second-order valence-electron chi connectivity index (χ2n) is 12.1. The number of phosphoric acid groups is 1. The van der Waals surface area contributed by atoms with Crippen LogP contribution in [0.15, 0.2) is 12.7 Å². The number of ether oxygens (including phenoxy) is 6. The highest BCUT2D eigenvalue weighted by Gasteiger charge is 2.52. The number of hydrogen-bond acceptors (Lipinski definition) is 21. The maximum absolute atomic E-state index is 13.6. The molecule has 0 bridgehead atoms. The Morgan fingerprint density at radius 2 is 1.57 bits per heavy atom. The van der Waals surface area contributed by atoms with Crippen molar-refractivity contribution < 1.29 is 74.9 Å². The average Bonchev–Trinajstić information content (AvgIpc) is 3.64. The fourth-order valence-electron chi connectivity index (χ4n) is 5.59. The van der Waals surface area contributed by atoms with Gasteiger partial charge >= 0.3 is 38.4 Å². The second-order valence-corrected chi connectivity index (χ2v) is 16.6. The number of nitriles is 1. The minimum atomic E-state index is -5.38. The summed E-state index contributed by atoms with van der Waals surface area (Å²) in [4.78, 5) is 71.2. The van der Waals surface area contributed by atoms with E-state index in [4.69, 9.17) is 69.1 Å². The number of aromatic nitrogens is 4. The number of nitrogens with zero attached hydrogens (tertiary/aromatic N) is 5. The molecular formula is C29H40N6O16P2S. The zero-order chi connectivity index (χ0) is 40.0. The van der Waals surface area contributed by atoms with Crippen molar-refractivity contribution in [2.24, 2.45) is 11.8 Å². The Morgan fingerprint density at radius 3 is 2.20 bits per heavy atom. The molecule has 2 saturated heterocycles. The van der Waals surface area contributed by atoms with Gasteiger partial charge in [0.15, 0.2) is 36.0 Å². The summed E-state index contributed by atoms with van der Waals surface area (Å²) in [6.07, 6.45) is -6.89. The average molecular weight is 823 g/mol. The molecule has 54 heavy (non-hydrogen) atoms. The van der Waals surface area contributed by atoms with Gasteiger partial charge in [-0.3, -0.25) is 28.3 Å². The van der Waals surface area contributed by atoms with Gasteiger partial charge in [0.05, 0.1) is 38.1 Å². The minimum absolute atomic E-state index is 0.0434. The maximum atomic E-state index is 13.6. The van der Waals surface area contributed by atoms with E-state index in [0.29, 0.717) is 0 Å². The number of nitrogen functional groups attached to an aromatic ring is 1. The van der Waals surface area contributed by atoms with Crippen LogP contribution in [0.5, 0.6) is 0 Å². The van der Waals surface area contributed by atoms with Gasteiger partial charge in [0.1, 0.15) is 24.6 Å². The Balaban J connectivity index is 1.61. The van der Waals surface area contributed by atoms with E-state index in [1.54, 1.807) is 13.8 Å². The third kappa shape index (κ3) is 11.0. The summed E-state index contributed by atoms with van der Waals surface area (Å²) in [5, 5.41) is 9.11. The monoisotopic (exact) mass is 822 g/mol. The predicted molar refractivity (Wildman–Crippen MR) is 182 cm³/mol. The number of rotatable bonds is 16. The molecule has 0 saturated carbocycles. The van der Waals surface area contributed by atoms with Crippen molar-refractivity contribution in [1.29, 1.82) is 5.26 Å². The lowest BCUT2D eigenvalue weighted by molar-refractivity contribution is -0.257. The lowest BCUT2D eigenvalue weighted by atomic mass is 9.83. The Labute approximate surface area is 313 Å². The predicted octanol–water partition coefficient (Wildman–Crippen LogP) is 1.97. The molecule has 2 aromatic heterocycles. The number of carbonyl (C=O) groups is 4. The number of nitrogens with two attached hydrogens (primary N) is 1. The van der Waals surface area contributed by atoms with Crippen molar-refractivity contribution in [2.75, 3.05) is 25.6 Å². The molecule has 0 aliphatic carbocycles. The molecule has 2 aromatic rings. The van der Waals surface area contributed by atoms with E-state index in [2.05, 4.69) is 15.0 Å². The van der Waals surface area contributed by atoms with Crippen LogP contribution in [0.25, 0.3) is 11.2 Å². The molecule has 2 aliphatic heterocycles. The zero-order valence-electron chi connectivity index (χ0n) is 29.9. The molecular weight excluding hydrogens is 782 g/mol. The summed E-state index contributed by atoms with van der Waals surface area (Å²) in [7, 11) is -5.38. The standard InChI is InChI=1S/C29H40N6O16P2S/c1-14-15(2)23(45-17(4)37)29(49-20(14)10-42-16(3)36)50-52(40,41)51-53(54,43-9-7-8-30)44-11-21-24(46-18(5)38)25(47-19(6)39)28(48-21)35-13-34-22-26(31)32-12-33-27(22)35/h12-15,20-21,23-25,28-29H,7,9-11H2,1-6H3,(H,40,41)(H2,31,32,33)/t14-,15-,20?,21+,23?,24-,25?,28+,29-,53?/m0/s1. The quantitative estimate of drug-likeness (QED) is 0.106. The maximum Gasteiger partial charge on any atom is 0.481 e. The molecule has 0 spiro atoms. The van der Waals surface area contributed by atoms with Crippen molar-refractivity contribution in [3.63, 3.8) is 0 Å². The SMILES string of the molecule is CC(=O)OCC1O[C@@H](OP(=O)(O)OP(=S)(OCCC#N)OC[C@H]2O[C@@H](n3cnc4c(N)ncnc43)C(OC(C)=O)[C@H]2OC(C)=O)C(OC(C)=O)[C@@H](C)[C@@H]1C. The fourth-order valence-corrected chi connectivity index (χ4v) is 9.45. The summed E-state index contributed by atoms with van der Waals surface area (Å²) >= 11 is 5.46. The molecule has 2 aliphatic rings. The van der Waals surface area contributed by atoms with Crippen LogP contribution in [0.4, 0.5) is 5.82 Å². The van der Waals surface area contributed by atoms with Crippen LogP contribution in [0.1, 0.15) is 54.2 Å². The molecule has 0 radical (unpaired) electrons. The van der Waals surface area contributed by atoms with Crippen LogP contribution in [0, 0.1) is 23.2 Å². The minimum Gasteiger partial charge on any atom is -0.463 e. The van der Waals surface area contributed by atoms with E-state index in [-0.39, 0.29) is 30.0 Å². The van der Waals surface area contributed by atoms with Gasteiger partial charge in [-0.05, 0) is 17.7 Å². The van der Waals surface area contributed by atoms with Crippen LogP contribution in [-0.4, -0.2) is 105 Å². The largest absolute Gasteiger partial charge is 0.481 e. The number of phosphoric ester groups is 1. The normalized spacial score (nSPS) is 29.0. The van der Waals surface area contributed by atoms with E-state index in [1.165, 1.54) is 24.1 Å². The summed E-state index contributed by atoms with van der Waals surface area (Å²) < 4.78 is 70.4. The molecule has 4 heterocycles. The van der Waals surface area contributed by atoms with Gasteiger partial charge in [-0.25, -0.2) is 23.8 Å². The molecule has 5 unspecified atom stereocenters. The lowest BCUT2D eigenvalue weighted by Crippen LogP contribution is -2.53. The molecule has 22 nitrogen and oxygen atoms in total. The number of fused-ring (bicyclic) bond motifs is 1. The van der Waals surface area contributed by atoms with Crippen molar-refractivity contribution in [3.05, 3.63) is 12.7 Å². The number of hydrogen-bond donors (Lipinski definition) is 2. The summed E-state index contributed by atoms with van der Waals surface area (Å²) in [5.74, 6) is -3.82. The summed E-state index contributed by atoms with van der Waals surface area (Å²) in [5.41, 5.74) is 6.30. The third-order valence-electron chi connectivity index (χ3n) is 8.12. The van der Waals surface area contributed by atoms with E-state index in [9.17, 15) is 28.6 Å². The van der Waals surface area contributed by atoms with Crippen LogP contribution in [0.3, 0.4) is 0 Å². The first-order chi connectivity index (χ1) is 25.3. The van der Waals surface area contributed by atoms with Gasteiger partial charge in [0.25, 0.3) is 0 Å². The number of esters is 4. The first-order valence-electron chi connectivity index (χ1n) is 16.2. The third-order valence-corrected chi connectivity index (χ3v) is 12.4. The molecule has 2 fully saturated rings. The van der Waals surface area contributed by atoms with Crippen molar-refractivity contribution in [3.8, 4) is 6.07 Å². The Kier molecular flexibility index (Phi) is 14.6. The molecule has 298 valence electrons. The van der Waals surface area contributed by atoms with E-state index < -0.39 is 107 Å². The summed E-state index contributed by atoms with van der Waals surface area (Å²) in [6, 6.07) is 1.83.